The van der Waals surface area contributed by atoms with E-state index in [4.69, 9.17) is 0 Å². The second-order valence-corrected chi connectivity index (χ2v) is 6.24. The second-order valence-electron chi connectivity index (χ2n) is 5.39. The summed E-state index contributed by atoms with van der Waals surface area (Å²) in [7, 11) is 4.31. The molecule has 0 N–H and O–H groups in total. The summed E-state index contributed by atoms with van der Waals surface area (Å²) in [6, 6.07) is 6.54. The highest BCUT2D eigenvalue weighted by Crippen LogP contribution is 2.27. The van der Waals surface area contributed by atoms with E-state index in [1.165, 1.54) is 19.4 Å². The fourth-order valence-corrected chi connectivity index (χ4v) is 3.32. The third kappa shape index (κ3) is 3.37. The summed E-state index contributed by atoms with van der Waals surface area (Å²) in [5.74, 6) is 0.0958. The van der Waals surface area contributed by atoms with Crippen molar-refractivity contribution in [1.29, 1.82) is 0 Å². The Labute approximate surface area is 123 Å². The van der Waals surface area contributed by atoms with Crippen LogP contribution in [0.5, 0.6) is 0 Å². The summed E-state index contributed by atoms with van der Waals surface area (Å²) in [6.07, 6.45) is 2.48. The lowest BCUT2D eigenvalue weighted by Gasteiger charge is -2.37. The van der Waals surface area contributed by atoms with Crippen LogP contribution in [0.15, 0.2) is 22.7 Å². The van der Waals surface area contributed by atoms with Crippen LogP contribution in [0.3, 0.4) is 0 Å². The van der Waals surface area contributed by atoms with Crippen LogP contribution in [0.1, 0.15) is 30.1 Å². The normalized spacial score (nSPS) is 20.3. The number of benzene rings is 1. The molecule has 0 spiro atoms. The molecule has 1 saturated heterocycles. The topological polar surface area (TPSA) is 23.6 Å². The van der Waals surface area contributed by atoms with E-state index < -0.39 is 0 Å². The third-order valence-electron chi connectivity index (χ3n) is 3.89. The lowest BCUT2D eigenvalue weighted by atomic mass is 10.0. The lowest BCUT2D eigenvalue weighted by molar-refractivity contribution is 0.101. The molecule has 4 heteroatoms. The van der Waals surface area contributed by atoms with E-state index in [1.807, 2.05) is 18.2 Å². The highest BCUT2D eigenvalue weighted by Gasteiger charge is 2.21. The summed E-state index contributed by atoms with van der Waals surface area (Å²) in [4.78, 5) is 16.1. The molecule has 1 aromatic rings. The van der Waals surface area contributed by atoms with Gasteiger partial charge in [-0.1, -0.05) is 0 Å². The SMILES string of the molecule is CC(=O)c1ccc(N(C)C2CCCN(C)C2)cc1Br. The van der Waals surface area contributed by atoms with Crippen LogP contribution in [0, 0.1) is 0 Å². The predicted octanol–water partition coefficient (Wildman–Crippen LogP) is 3.18. The van der Waals surface area contributed by atoms with Crippen LogP contribution in [-0.4, -0.2) is 43.9 Å². The first-order valence-electron chi connectivity index (χ1n) is 6.71. The monoisotopic (exact) mass is 324 g/mol. The Balaban J connectivity index is 2.17. The highest BCUT2D eigenvalue weighted by atomic mass is 79.9. The number of halogens is 1. The summed E-state index contributed by atoms with van der Waals surface area (Å²) in [6.45, 7) is 3.89. The summed E-state index contributed by atoms with van der Waals surface area (Å²) in [5.41, 5.74) is 1.91. The predicted molar refractivity (Wildman–Crippen MR) is 83.1 cm³/mol. The van der Waals surface area contributed by atoms with Gasteiger partial charge in [0.1, 0.15) is 0 Å². The standard InChI is InChI=1S/C15H21BrN2O/c1-11(19)14-7-6-12(9-15(14)16)18(3)13-5-4-8-17(2)10-13/h6-7,9,13H,4-5,8,10H2,1-3H3. The Morgan fingerprint density at radius 2 is 2.21 bits per heavy atom. The van der Waals surface area contributed by atoms with Crippen molar-refractivity contribution in [2.24, 2.45) is 0 Å². The van der Waals surface area contributed by atoms with Crippen molar-refractivity contribution < 1.29 is 4.79 Å². The van der Waals surface area contributed by atoms with E-state index in [2.05, 4.69) is 39.8 Å². The van der Waals surface area contributed by atoms with E-state index in [0.717, 1.165) is 22.3 Å². The number of carbonyl (C=O) groups excluding carboxylic acids is 1. The molecule has 1 heterocycles. The molecule has 3 nitrogen and oxygen atoms in total. The zero-order valence-corrected chi connectivity index (χ0v) is 13.4. The van der Waals surface area contributed by atoms with Crippen molar-refractivity contribution in [3.05, 3.63) is 28.2 Å². The van der Waals surface area contributed by atoms with Crippen LogP contribution < -0.4 is 4.90 Å². The number of hydrogen-bond donors (Lipinski definition) is 0. The van der Waals surface area contributed by atoms with Gasteiger partial charge in [-0.05, 0) is 67.5 Å². The smallest absolute Gasteiger partial charge is 0.160 e. The lowest BCUT2D eigenvalue weighted by Crippen LogP contribution is -2.45. The van der Waals surface area contributed by atoms with Gasteiger partial charge in [0.05, 0.1) is 0 Å². The molecule has 0 saturated carbocycles. The highest BCUT2D eigenvalue weighted by molar-refractivity contribution is 9.10. The average Bonchev–Trinajstić information content (AvgIpc) is 2.37. The molecule has 1 atom stereocenters. The zero-order valence-electron chi connectivity index (χ0n) is 11.8. The number of carbonyl (C=O) groups is 1. The first-order valence-corrected chi connectivity index (χ1v) is 7.50. The van der Waals surface area contributed by atoms with Gasteiger partial charge in [-0.2, -0.15) is 0 Å². The van der Waals surface area contributed by atoms with Gasteiger partial charge in [0.2, 0.25) is 0 Å². The maximum Gasteiger partial charge on any atom is 0.160 e. The van der Waals surface area contributed by atoms with Crippen LogP contribution in [0.4, 0.5) is 5.69 Å². The molecular formula is C15H21BrN2O. The molecule has 0 amide bonds. The maximum atomic E-state index is 11.4. The molecule has 0 aliphatic carbocycles. The van der Waals surface area contributed by atoms with E-state index in [9.17, 15) is 4.79 Å². The van der Waals surface area contributed by atoms with Crippen molar-refractivity contribution >= 4 is 27.4 Å². The van der Waals surface area contributed by atoms with E-state index in [0.29, 0.717) is 6.04 Å². The Bertz CT molecular complexity index is 475. The van der Waals surface area contributed by atoms with Gasteiger partial charge < -0.3 is 9.80 Å². The molecular weight excluding hydrogens is 304 g/mol. The van der Waals surface area contributed by atoms with Gasteiger partial charge in [-0.3, -0.25) is 4.79 Å². The molecule has 1 unspecified atom stereocenters. The Hall–Kier alpha value is -0.870. The maximum absolute atomic E-state index is 11.4. The molecule has 104 valence electrons. The minimum atomic E-state index is 0.0958. The largest absolute Gasteiger partial charge is 0.370 e. The number of ketones is 1. The van der Waals surface area contributed by atoms with Gasteiger partial charge in [0.15, 0.2) is 5.78 Å². The molecule has 1 aliphatic heterocycles. The van der Waals surface area contributed by atoms with Crippen molar-refractivity contribution in [3.63, 3.8) is 0 Å². The van der Waals surface area contributed by atoms with E-state index >= 15 is 0 Å². The molecule has 0 radical (unpaired) electrons. The minimum Gasteiger partial charge on any atom is -0.370 e. The number of likely N-dealkylation sites (tertiary alicyclic amines) is 1. The number of likely N-dealkylation sites (N-methyl/N-ethyl adjacent to an activating group) is 2. The van der Waals surface area contributed by atoms with E-state index in [1.54, 1.807) is 6.92 Å². The first kappa shape index (κ1) is 14.5. The number of hydrogen-bond acceptors (Lipinski definition) is 3. The van der Waals surface area contributed by atoms with Gasteiger partial charge in [0.25, 0.3) is 0 Å². The number of piperidine rings is 1. The van der Waals surface area contributed by atoms with Crippen molar-refractivity contribution in [2.75, 3.05) is 32.1 Å². The Kier molecular flexibility index (Phi) is 4.63. The fourth-order valence-electron chi connectivity index (χ4n) is 2.68. The third-order valence-corrected chi connectivity index (χ3v) is 4.54. The van der Waals surface area contributed by atoms with Gasteiger partial charge in [-0.25, -0.2) is 0 Å². The Morgan fingerprint density at radius 1 is 1.47 bits per heavy atom. The molecule has 1 aromatic carbocycles. The average molecular weight is 325 g/mol. The number of Topliss-reactive ketones (excluding diaryl/α,β-unsaturated/α-hetero) is 1. The molecule has 0 aromatic heterocycles. The van der Waals surface area contributed by atoms with Crippen LogP contribution in [0.2, 0.25) is 0 Å². The minimum absolute atomic E-state index is 0.0958. The summed E-state index contributed by atoms with van der Waals surface area (Å²) in [5, 5.41) is 0. The molecule has 1 fully saturated rings. The second kappa shape index (κ2) is 6.06. The van der Waals surface area contributed by atoms with Crippen LogP contribution in [-0.2, 0) is 0 Å². The zero-order chi connectivity index (χ0) is 14.0. The summed E-state index contributed by atoms with van der Waals surface area (Å²) >= 11 is 3.49. The van der Waals surface area contributed by atoms with Gasteiger partial charge in [-0.15, -0.1) is 0 Å². The summed E-state index contributed by atoms with van der Waals surface area (Å²) < 4.78 is 0.883. The fraction of sp³-hybridized carbons (Fsp3) is 0.533. The first-order chi connectivity index (χ1) is 8.99. The Morgan fingerprint density at radius 3 is 2.79 bits per heavy atom. The number of anilines is 1. The van der Waals surface area contributed by atoms with Crippen molar-refractivity contribution in [1.82, 2.24) is 4.90 Å². The molecule has 1 aliphatic rings. The van der Waals surface area contributed by atoms with E-state index in [-0.39, 0.29) is 5.78 Å². The van der Waals surface area contributed by atoms with Gasteiger partial charge >= 0.3 is 0 Å². The quantitative estimate of drug-likeness (QED) is 0.798. The molecule has 19 heavy (non-hydrogen) atoms. The number of nitrogens with zero attached hydrogens (tertiary/aromatic N) is 2. The van der Waals surface area contributed by atoms with Crippen molar-refractivity contribution in [3.8, 4) is 0 Å². The molecule has 2 rings (SSSR count). The van der Waals surface area contributed by atoms with Crippen molar-refractivity contribution in [2.45, 2.75) is 25.8 Å². The van der Waals surface area contributed by atoms with Crippen LogP contribution in [0.25, 0.3) is 0 Å². The molecule has 0 bridgehead atoms. The van der Waals surface area contributed by atoms with Crippen LogP contribution >= 0.6 is 15.9 Å². The van der Waals surface area contributed by atoms with Gasteiger partial charge in [0, 0.05) is 35.4 Å². The number of rotatable bonds is 3.